The second-order valence-corrected chi connectivity index (χ2v) is 5.59. The standard InChI is InChI=1S/C15H21ClN2O2/c1-10-13(4-3-5-14(10)16)15(19)18-7-6-12(20-2)8-11(18)9-17/h3-5,11-12H,6-9,17H2,1-2H3. The van der Waals surface area contributed by atoms with Crippen molar-refractivity contribution in [2.24, 2.45) is 5.73 Å². The summed E-state index contributed by atoms with van der Waals surface area (Å²) >= 11 is 6.10. The zero-order valence-corrected chi connectivity index (χ0v) is 12.7. The highest BCUT2D eigenvalue weighted by molar-refractivity contribution is 6.31. The number of halogens is 1. The van der Waals surface area contributed by atoms with Crippen LogP contribution in [0.15, 0.2) is 18.2 Å². The summed E-state index contributed by atoms with van der Waals surface area (Å²) in [6, 6.07) is 5.45. The van der Waals surface area contributed by atoms with Crippen molar-refractivity contribution in [3.05, 3.63) is 34.3 Å². The molecule has 110 valence electrons. The molecule has 2 atom stereocenters. The molecule has 20 heavy (non-hydrogen) atoms. The fourth-order valence-electron chi connectivity index (χ4n) is 2.71. The van der Waals surface area contributed by atoms with Crippen molar-refractivity contribution >= 4 is 17.5 Å². The maximum absolute atomic E-state index is 12.7. The van der Waals surface area contributed by atoms with Crippen LogP contribution in [-0.4, -0.2) is 43.2 Å². The molecular weight excluding hydrogens is 276 g/mol. The van der Waals surface area contributed by atoms with Crippen molar-refractivity contribution in [1.82, 2.24) is 4.90 Å². The van der Waals surface area contributed by atoms with Gasteiger partial charge in [0.1, 0.15) is 0 Å². The molecule has 2 N–H and O–H groups in total. The van der Waals surface area contributed by atoms with Crippen LogP contribution in [0.25, 0.3) is 0 Å². The number of methoxy groups -OCH3 is 1. The Balaban J connectivity index is 2.22. The van der Waals surface area contributed by atoms with Crippen LogP contribution in [0.2, 0.25) is 5.02 Å². The van der Waals surface area contributed by atoms with E-state index in [-0.39, 0.29) is 18.1 Å². The lowest BCUT2D eigenvalue weighted by Crippen LogP contribution is -2.51. The molecule has 1 heterocycles. The van der Waals surface area contributed by atoms with Gasteiger partial charge in [0, 0.05) is 36.8 Å². The van der Waals surface area contributed by atoms with Gasteiger partial charge in [-0.05, 0) is 37.5 Å². The van der Waals surface area contributed by atoms with Crippen molar-refractivity contribution in [1.29, 1.82) is 0 Å². The first kappa shape index (κ1) is 15.3. The quantitative estimate of drug-likeness (QED) is 0.930. The van der Waals surface area contributed by atoms with Crippen LogP contribution in [0.1, 0.15) is 28.8 Å². The van der Waals surface area contributed by atoms with Crippen molar-refractivity contribution in [3.8, 4) is 0 Å². The molecule has 1 fully saturated rings. The lowest BCUT2D eigenvalue weighted by Gasteiger charge is -2.38. The van der Waals surface area contributed by atoms with Crippen molar-refractivity contribution in [2.45, 2.75) is 31.9 Å². The Kier molecular flexibility index (Phi) is 5.02. The van der Waals surface area contributed by atoms with Gasteiger partial charge in [-0.25, -0.2) is 0 Å². The van der Waals surface area contributed by atoms with Gasteiger partial charge in [0.25, 0.3) is 5.91 Å². The Labute approximate surface area is 124 Å². The highest BCUT2D eigenvalue weighted by atomic mass is 35.5. The third kappa shape index (κ3) is 2.97. The van der Waals surface area contributed by atoms with Gasteiger partial charge in [-0.15, -0.1) is 0 Å². The van der Waals surface area contributed by atoms with Gasteiger partial charge in [0.2, 0.25) is 0 Å². The number of ether oxygens (including phenoxy) is 1. The predicted molar refractivity (Wildman–Crippen MR) is 80.1 cm³/mol. The number of amides is 1. The molecule has 0 bridgehead atoms. The monoisotopic (exact) mass is 296 g/mol. The maximum Gasteiger partial charge on any atom is 0.254 e. The summed E-state index contributed by atoms with van der Waals surface area (Å²) in [7, 11) is 1.71. The highest BCUT2D eigenvalue weighted by Gasteiger charge is 2.31. The maximum atomic E-state index is 12.7. The largest absolute Gasteiger partial charge is 0.381 e. The van der Waals surface area contributed by atoms with Gasteiger partial charge in [0.05, 0.1) is 6.10 Å². The molecule has 2 unspecified atom stereocenters. The van der Waals surface area contributed by atoms with Crippen LogP contribution in [0.4, 0.5) is 0 Å². The molecule has 1 aromatic carbocycles. The molecule has 1 aliphatic rings. The van der Waals surface area contributed by atoms with E-state index >= 15 is 0 Å². The summed E-state index contributed by atoms with van der Waals surface area (Å²) in [6.07, 6.45) is 1.82. The number of nitrogens with zero attached hydrogens (tertiary/aromatic N) is 1. The fraction of sp³-hybridized carbons (Fsp3) is 0.533. The number of likely N-dealkylation sites (tertiary alicyclic amines) is 1. The number of hydrogen-bond acceptors (Lipinski definition) is 3. The van der Waals surface area contributed by atoms with Gasteiger partial charge in [-0.1, -0.05) is 17.7 Å². The topological polar surface area (TPSA) is 55.6 Å². The third-order valence-electron chi connectivity index (χ3n) is 4.03. The smallest absolute Gasteiger partial charge is 0.254 e. The number of carbonyl (C=O) groups is 1. The second-order valence-electron chi connectivity index (χ2n) is 5.18. The Morgan fingerprint density at radius 1 is 1.55 bits per heavy atom. The van der Waals surface area contributed by atoms with E-state index in [4.69, 9.17) is 22.1 Å². The summed E-state index contributed by atoms with van der Waals surface area (Å²) in [4.78, 5) is 14.6. The fourth-order valence-corrected chi connectivity index (χ4v) is 2.89. The SMILES string of the molecule is COC1CCN(C(=O)c2cccc(Cl)c2C)C(CN)C1. The minimum atomic E-state index is 0.00926. The summed E-state index contributed by atoms with van der Waals surface area (Å²) in [5.74, 6) is 0.00926. The van der Waals surface area contributed by atoms with Crippen LogP contribution in [0.3, 0.4) is 0 Å². The van der Waals surface area contributed by atoms with E-state index in [0.29, 0.717) is 23.7 Å². The third-order valence-corrected chi connectivity index (χ3v) is 4.44. The van der Waals surface area contributed by atoms with E-state index < -0.39 is 0 Å². The zero-order chi connectivity index (χ0) is 14.7. The highest BCUT2D eigenvalue weighted by Crippen LogP contribution is 2.25. The minimum Gasteiger partial charge on any atom is -0.381 e. The molecule has 0 aliphatic carbocycles. The van der Waals surface area contributed by atoms with E-state index in [1.165, 1.54) is 0 Å². The Hall–Kier alpha value is -1.10. The zero-order valence-electron chi connectivity index (χ0n) is 11.9. The van der Waals surface area contributed by atoms with Crippen LogP contribution < -0.4 is 5.73 Å². The van der Waals surface area contributed by atoms with Crippen molar-refractivity contribution in [2.75, 3.05) is 20.2 Å². The van der Waals surface area contributed by atoms with E-state index in [2.05, 4.69) is 0 Å². The molecule has 1 saturated heterocycles. The van der Waals surface area contributed by atoms with Gasteiger partial charge >= 0.3 is 0 Å². The number of rotatable bonds is 3. The molecule has 0 aromatic heterocycles. The summed E-state index contributed by atoms with van der Waals surface area (Å²) < 4.78 is 5.39. The Morgan fingerprint density at radius 2 is 2.30 bits per heavy atom. The minimum absolute atomic E-state index is 0.00926. The summed E-state index contributed by atoms with van der Waals surface area (Å²) in [6.45, 7) is 2.99. The van der Waals surface area contributed by atoms with Crippen LogP contribution in [0, 0.1) is 6.92 Å². The number of hydrogen-bond donors (Lipinski definition) is 1. The van der Waals surface area contributed by atoms with Gasteiger partial charge in [-0.2, -0.15) is 0 Å². The summed E-state index contributed by atoms with van der Waals surface area (Å²) in [5, 5.41) is 0.618. The number of carbonyl (C=O) groups excluding carboxylic acids is 1. The molecule has 0 saturated carbocycles. The number of piperidine rings is 1. The van der Waals surface area contributed by atoms with Gasteiger partial charge < -0.3 is 15.4 Å². The molecule has 4 nitrogen and oxygen atoms in total. The first-order chi connectivity index (χ1) is 9.58. The van der Waals surface area contributed by atoms with E-state index in [0.717, 1.165) is 18.4 Å². The van der Waals surface area contributed by atoms with Gasteiger partial charge in [0.15, 0.2) is 0 Å². The van der Waals surface area contributed by atoms with E-state index in [1.54, 1.807) is 13.2 Å². The van der Waals surface area contributed by atoms with E-state index in [1.807, 2.05) is 24.0 Å². The average molecular weight is 297 g/mol. The Morgan fingerprint density at radius 3 is 2.95 bits per heavy atom. The van der Waals surface area contributed by atoms with Crippen LogP contribution >= 0.6 is 11.6 Å². The molecule has 2 rings (SSSR count). The summed E-state index contributed by atoms with van der Waals surface area (Å²) in [5.41, 5.74) is 7.30. The normalized spacial score (nSPS) is 22.9. The lowest BCUT2D eigenvalue weighted by atomic mass is 9.97. The lowest BCUT2D eigenvalue weighted by molar-refractivity contribution is 0.0138. The molecule has 0 radical (unpaired) electrons. The Bertz CT molecular complexity index is 493. The number of benzene rings is 1. The van der Waals surface area contributed by atoms with E-state index in [9.17, 15) is 4.79 Å². The predicted octanol–water partition coefficient (Wildman–Crippen LogP) is 2.23. The first-order valence-electron chi connectivity index (χ1n) is 6.87. The van der Waals surface area contributed by atoms with Crippen molar-refractivity contribution in [3.63, 3.8) is 0 Å². The first-order valence-corrected chi connectivity index (χ1v) is 7.25. The van der Waals surface area contributed by atoms with Crippen LogP contribution in [-0.2, 0) is 4.74 Å². The molecule has 1 aromatic rings. The van der Waals surface area contributed by atoms with Crippen molar-refractivity contribution < 1.29 is 9.53 Å². The molecule has 1 amide bonds. The van der Waals surface area contributed by atoms with Gasteiger partial charge in [-0.3, -0.25) is 4.79 Å². The molecule has 0 spiro atoms. The average Bonchev–Trinajstić information content (AvgIpc) is 2.48. The molecule has 5 heteroatoms. The molecular formula is C15H21ClN2O2. The second kappa shape index (κ2) is 6.57. The molecule has 1 aliphatic heterocycles. The van der Waals surface area contributed by atoms with Crippen LogP contribution in [0.5, 0.6) is 0 Å². The number of nitrogens with two attached hydrogens (primary N) is 1.